The minimum Gasteiger partial charge on any atom is -0.463 e. The number of rotatable bonds is 2. The number of hydrogen-bond acceptors (Lipinski definition) is 2. The Balaban J connectivity index is -0.000000147. The van der Waals surface area contributed by atoms with Gasteiger partial charge < -0.3 is 4.74 Å². The zero-order chi connectivity index (χ0) is 12.0. The standard InChI is InChI=1S/C5H8O2.C2H2Cl2.C2H3Cl/c1-3-5(6)7-4-2;1-2(3)4;1-2-3/h3H,1,4H2,2H3;1H2;2H,1H2. The average Bonchev–Trinajstić information content (AvgIpc) is 2.05. The Morgan fingerprint density at radius 2 is 1.71 bits per heavy atom. The van der Waals surface area contributed by atoms with Crippen LogP contribution in [0.25, 0.3) is 0 Å². The summed E-state index contributed by atoms with van der Waals surface area (Å²) in [4.78, 5) is 10.1. The Morgan fingerprint density at radius 1 is 1.43 bits per heavy atom. The second-order valence-electron chi connectivity index (χ2n) is 1.45. The van der Waals surface area contributed by atoms with E-state index in [0.717, 1.165) is 6.08 Å². The SMILES string of the molecule is C=C(Cl)Cl.C=CC(=O)OCC.C=CCl. The van der Waals surface area contributed by atoms with Gasteiger partial charge in [0.05, 0.1) is 11.1 Å². The second-order valence-corrected chi connectivity index (χ2v) is 2.86. The van der Waals surface area contributed by atoms with E-state index in [1.54, 1.807) is 6.92 Å². The highest BCUT2D eigenvalue weighted by molar-refractivity contribution is 6.55. The third kappa shape index (κ3) is 62.0. The minimum absolute atomic E-state index is 0.111. The molecule has 0 fully saturated rings. The van der Waals surface area contributed by atoms with E-state index >= 15 is 0 Å². The summed E-state index contributed by atoms with van der Waals surface area (Å²) < 4.78 is 4.55. The van der Waals surface area contributed by atoms with Crippen molar-refractivity contribution < 1.29 is 9.53 Å². The first kappa shape index (κ1) is 19.2. The highest BCUT2D eigenvalue weighted by Gasteiger charge is 1.86. The summed E-state index contributed by atoms with van der Waals surface area (Å²) in [6, 6.07) is 0. The van der Waals surface area contributed by atoms with Crippen molar-refractivity contribution in [1.29, 1.82) is 0 Å². The lowest BCUT2D eigenvalue weighted by atomic mass is 10.6. The lowest BCUT2D eigenvalue weighted by Gasteiger charge is -1.90. The Labute approximate surface area is 99.8 Å². The molecule has 5 heteroatoms. The Kier molecular flexibility index (Phi) is 25.2. The molecule has 0 saturated carbocycles. The summed E-state index contributed by atoms with van der Waals surface area (Å²) in [6.07, 6.45) is 1.14. The van der Waals surface area contributed by atoms with Crippen LogP contribution in [0.4, 0.5) is 0 Å². The van der Waals surface area contributed by atoms with E-state index < -0.39 is 0 Å². The topological polar surface area (TPSA) is 26.3 Å². The maximum absolute atomic E-state index is 10.1. The number of carbonyl (C=O) groups excluding carboxylic acids is 1. The monoisotopic (exact) mass is 258 g/mol. The van der Waals surface area contributed by atoms with E-state index in [-0.39, 0.29) is 10.5 Å². The van der Waals surface area contributed by atoms with Crippen LogP contribution < -0.4 is 0 Å². The normalized spacial score (nSPS) is 6.57. The molecule has 0 N–H and O–H groups in total. The van der Waals surface area contributed by atoms with Crippen LogP contribution in [0.5, 0.6) is 0 Å². The molecule has 0 rings (SSSR count). The summed E-state index contributed by atoms with van der Waals surface area (Å²) in [6.45, 7) is 11.6. The maximum Gasteiger partial charge on any atom is 0.330 e. The first-order chi connectivity index (χ1) is 6.45. The molecule has 0 aliphatic rings. The first-order valence-electron chi connectivity index (χ1n) is 3.46. The molecule has 0 radical (unpaired) electrons. The van der Waals surface area contributed by atoms with Crippen molar-refractivity contribution >= 4 is 40.8 Å². The number of hydrogen-bond donors (Lipinski definition) is 0. The predicted molar refractivity (Wildman–Crippen MR) is 63.7 cm³/mol. The van der Waals surface area contributed by atoms with Gasteiger partial charge in [-0.1, -0.05) is 54.5 Å². The Hall–Kier alpha value is -0.440. The minimum atomic E-state index is -0.359. The van der Waals surface area contributed by atoms with Crippen molar-refractivity contribution in [2.24, 2.45) is 0 Å². The molecule has 0 unspecified atom stereocenters. The molecule has 0 amide bonds. The number of carbonyl (C=O) groups is 1. The molecule has 0 aromatic rings. The molecule has 82 valence electrons. The molecule has 0 aliphatic heterocycles. The predicted octanol–water partition coefficient (Wildman–Crippen LogP) is 4.04. The number of esters is 1. The fraction of sp³-hybridized carbons (Fsp3) is 0.222. The van der Waals surface area contributed by atoms with E-state index in [1.165, 1.54) is 5.54 Å². The lowest BCUT2D eigenvalue weighted by molar-refractivity contribution is -0.137. The van der Waals surface area contributed by atoms with Crippen LogP contribution in [-0.2, 0) is 9.53 Å². The van der Waals surface area contributed by atoms with Crippen LogP contribution >= 0.6 is 34.8 Å². The molecule has 0 aromatic carbocycles. The highest BCUT2D eigenvalue weighted by atomic mass is 35.5. The van der Waals surface area contributed by atoms with Gasteiger partial charge in [-0.3, -0.25) is 0 Å². The molecule has 14 heavy (non-hydrogen) atoms. The maximum atomic E-state index is 10.1. The number of halogens is 3. The third-order valence-electron chi connectivity index (χ3n) is 0.453. The Bertz CT molecular complexity index is 175. The summed E-state index contributed by atoms with van der Waals surface area (Å²) >= 11 is 14.5. The summed E-state index contributed by atoms with van der Waals surface area (Å²) in [7, 11) is 0. The lowest BCUT2D eigenvalue weighted by Crippen LogP contribution is -1.97. The van der Waals surface area contributed by atoms with Crippen molar-refractivity contribution in [1.82, 2.24) is 0 Å². The van der Waals surface area contributed by atoms with Crippen molar-refractivity contribution in [3.63, 3.8) is 0 Å². The highest BCUT2D eigenvalue weighted by Crippen LogP contribution is 1.98. The molecular formula is C9H13Cl3O2. The number of ether oxygens (including phenoxy) is 1. The van der Waals surface area contributed by atoms with Crippen molar-refractivity contribution in [2.75, 3.05) is 6.61 Å². The van der Waals surface area contributed by atoms with E-state index in [2.05, 4.69) is 24.5 Å². The fourth-order valence-corrected chi connectivity index (χ4v) is 0.201. The van der Waals surface area contributed by atoms with Gasteiger partial charge in [0, 0.05) is 6.08 Å². The van der Waals surface area contributed by atoms with Gasteiger partial charge in [-0.2, -0.15) is 0 Å². The van der Waals surface area contributed by atoms with Crippen LogP contribution in [-0.4, -0.2) is 12.6 Å². The van der Waals surface area contributed by atoms with Gasteiger partial charge in [-0.15, -0.1) is 0 Å². The molecule has 0 spiro atoms. The molecule has 0 aromatic heterocycles. The third-order valence-corrected chi connectivity index (χ3v) is 0.453. The van der Waals surface area contributed by atoms with Crippen molar-refractivity contribution in [3.8, 4) is 0 Å². The van der Waals surface area contributed by atoms with Gasteiger partial charge in [0.2, 0.25) is 0 Å². The zero-order valence-corrected chi connectivity index (χ0v) is 10.2. The summed E-state index contributed by atoms with van der Waals surface area (Å²) in [5, 5.41) is 0. The van der Waals surface area contributed by atoms with Crippen molar-refractivity contribution in [3.05, 3.63) is 35.8 Å². The largest absolute Gasteiger partial charge is 0.463 e. The molecule has 2 nitrogen and oxygen atoms in total. The van der Waals surface area contributed by atoms with Gasteiger partial charge in [-0.25, -0.2) is 4.79 Å². The van der Waals surface area contributed by atoms with Crippen LogP contribution in [0.15, 0.2) is 35.8 Å². The van der Waals surface area contributed by atoms with Crippen LogP contribution in [0.2, 0.25) is 0 Å². The van der Waals surface area contributed by atoms with Gasteiger partial charge in [-0.05, 0) is 12.5 Å². The van der Waals surface area contributed by atoms with Crippen LogP contribution in [0.3, 0.4) is 0 Å². The quantitative estimate of drug-likeness (QED) is 0.553. The van der Waals surface area contributed by atoms with Gasteiger partial charge >= 0.3 is 5.97 Å². The van der Waals surface area contributed by atoms with E-state index in [4.69, 9.17) is 34.8 Å². The molecule has 0 saturated heterocycles. The van der Waals surface area contributed by atoms with E-state index in [0.29, 0.717) is 6.61 Å². The van der Waals surface area contributed by atoms with Crippen LogP contribution in [0.1, 0.15) is 6.92 Å². The van der Waals surface area contributed by atoms with E-state index in [1.807, 2.05) is 0 Å². The molecule has 0 aliphatic carbocycles. The fourth-order valence-electron chi connectivity index (χ4n) is 0.201. The molecule has 0 heterocycles. The average molecular weight is 260 g/mol. The summed E-state index contributed by atoms with van der Waals surface area (Å²) in [5.74, 6) is -0.359. The first-order valence-corrected chi connectivity index (χ1v) is 4.65. The summed E-state index contributed by atoms with van der Waals surface area (Å²) in [5.41, 5.74) is 1.22. The van der Waals surface area contributed by atoms with Crippen molar-refractivity contribution in [2.45, 2.75) is 6.92 Å². The molecular weight excluding hydrogens is 246 g/mol. The van der Waals surface area contributed by atoms with Gasteiger partial charge in [0.1, 0.15) is 0 Å². The van der Waals surface area contributed by atoms with Gasteiger partial charge in [0.15, 0.2) is 0 Å². The second kappa shape index (κ2) is 18.4. The molecule has 0 atom stereocenters. The van der Waals surface area contributed by atoms with Gasteiger partial charge in [0.25, 0.3) is 0 Å². The Morgan fingerprint density at radius 3 is 1.79 bits per heavy atom. The van der Waals surface area contributed by atoms with E-state index in [9.17, 15) is 4.79 Å². The van der Waals surface area contributed by atoms with Crippen LogP contribution in [0, 0.1) is 0 Å². The molecule has 0 bridgehead atoms. The smallest absolute Gasteiger partial charge is 0.330 e. The zero-order valence-electron chi connectivity index (χ0n) is 7.93.